The number of benzene rings is 6. The van der Waals surface area contributed by atoms with Gasteiger partial charge in [-0.25, -0.2) is 0 Å². The minimum Gasteiger partial charge on any atom is -0.501 e. The summed E-state index contributed by atoms with van der Waals surface area (Å²) in [6.07, 6.45) is 1.22. The van der Waals surface area contributed by atoms with Crippen LogP contribution >= 0.6 is 0 Å². The molecule has 63 heavy (non-hydrogen) atoms. The molecule has 0 atom stereocenters. The van der Waals surface area contributed by atoms with Crippen molar-refractivity contribution >= 4 is 21.9 Å². The van der Waals surface area contributed by atoms with Gasteiger partial charge in [-0.05, 0) is 111 Å². The normalized spacial score (nSPS) is 15.9. The van der Waals surface area contributed by atoms with Gasteiger partial charge in [0.25, 0.3) is 0 Å². The van der Waals surface area contributed by atoms with E-state index in [4.69, 9.17) is 23.6 Å². The number of hydrogen-bond acceptors (Lipinski definition) is 3. The molecular weight excluding hydrogens is 945 g/mol. The number of para-hydroxylation sites is 1. The van der Waals surface area contributed by atoms with Crippen molar-refractivity contribution in [3.8, 4) is 55.9 Å². The molecule has 319 valence electrons. The average molecular weight is 1020 g/mol. The second-order valence-corrected chi connectivity index (χ2v) is 17.4. The largest absolute Gasteiger partial charge is 0.501 e. The fourth-order valence-electron chi connectivity index (χ4n) is 7.46. The van der Waals surface area contributed by atoms with Gasteiger partial charge in [-0.15, -0.1) is 47.5 Å². The third-order valence-electron chi connectivity index (χ3n) is 10.6. The Hall–Kier alpha value is -5.93. The predicted octanol–water partition coefficient (Wildman–Crippen LogP) is 16.1. The van der Waals surface area contributed by atoms with E-state index in [9.17, 15) is 0 Å². The molecule has 0 saturated heterocycles. The van der Waals surface area contributed by atoms with Gasteiger partial charge in [0.2, 0.25) is 0 Å². The zero-order chi connectivity index (χ0) is 55.6. The Balaban J connectivity index is 0.000000247. The van der Waals surface area contributed by atoms with Crippen molar-refractivity contribution in [3.05, 3.63) is 191 Å². The van der Waals surface area contributed by atoms with Crippen LogP contribution in [0.2, 0.25) is 0 Å². The van der Waals surface area contributed by atoms with Crippen LogP contribution in [0.4, 0.5) is 0 Å². The van der Waals surface area contributed by atoms with Crippen LogP contribution in [-0.2, 0) is 31.9 Å². The molecular formula is C59H56IrN2O-2. The van der Waals surface area contributed by atoms with Crippen molar-refractivity contribution in [3.63, 3.8) is 0 Å². The Morgan fingerprint density at radius 1 is 0.587 bits per heavy atom. The fraction of sp³-hybridized carbons (Fsp3) is 0.220. The van der Waals surface area contributed by atoms with Crippen molar-refractivity contribution in [2.24, 2.45) is 5.41 Å². The van der Waals surface area contributed by atoms with E-state index in [1.54, 1.807) is 42.6 Å². The zero-order valence-corrected chi connectivity index (χ0v) is 38.4. The molecule has 3 aromatic heterocycles. The van der Waals surface area contributed by atoms with Crippen molar-refractivity contribution < 1.29 is 43.7 Å². The number of fused-ring (bicyclic) bond motifs is 3. The summed E-state index contributed by atoms with van der Waals surface area (Å²) in [6, 6.07) is 45.0. The number of pyridine rings is 2. The third-order valence-corrected chi connectivity index (χ3v) is 10.6. The van der Waals surface area contributed by atoms with Crippen molar-refractivity contribution in [1.29, 1.82) is 0 Å². The molecule has 3 nitrogen and oxygen atoms in total. The minimum atomic E-state index is -2.72. The number of furan rings is 1. The quantitative estimate of drug-likeness (QED) is 0.156. The van der Waals surface area contributed by atoms with Gasteiger partial charge in [-0.3, -0.25) is 0 Å². The first-order valence-electron chi connectivity index (χ1n) is 27.5. The third kappa shape index (κ3) is 9.99. The summed E-state index contributed by atoms with van der Waals surface area (Å²) < 4.78 is 122. The first-order chi connectivity index (χ1) is 35.2. The molecule has 0 bridgehead atoms. The van der Waals surface area contributed by atoms with E-state index in [1.165, 1.54) is 30.5 Å². The number of aromatic nitrogens is 2. The minimum absolute atomic E-state index is 0. The average Bonchev–Trinajstić information content (AvgIpc) is 3.74. The maximum Gasteiger partial charge on any atom is 0.120 e. The molecule has 0 aliphatic heterocycles. The molecule has 1 radical (unpaired) electrons. The van der Waals surface area contributed by atoms with Gasteiger partial charge in [0.05, 0.1) is 5.58 Å². The molecule has 6 aromatic carbocycles. The van der Waals surface area contributed by atoms with E-state index in [-0.39, 0.29) is 64.5 Å². The second-order valence-electron chi connectivity index (χ2n) is 17.4. The number of nitrogens with zero attached hydrogens (tertiary/aromatic N) is 2. The van der Waals surface area contributed by atoms with Crippen molar-refractivity contribution in [2.45, 2.75) is 80.7 Å². The number of aryl methyl sites for hydroxylation is 4. The van der Waals surface area contributed by atoms with Crippen molar-refractivity contribution in [2.75, 3.05) is 0 Å². The van der Waals surface area contributed by atoms with Crippen LogP contribution in [0.25, 0.3) is 77.8 Å². The first-order valence-corrected chi connectivity index (χ1v) is 20.5. The van der Waals surface area contributed by atoms with Crippen LogP contribution in [0.1, 0.15) is 94.1 Å². The van der Waals surface area contributed by atoms with Crippen LogP contribution in [-0.4, -0.2) is 9.97 Å². The predicted molar refractivity (Wildman–Crippen MR) is 261 cm³/mol. The van der Waals surface area contributed by atoms with Gasteiger partial charge in [-0.1, -0.05) is 168 Å². The van der Waals surface area contributed by atoms with Gasteiger partial charge < -0.3 is 14.4 Å². The van der Waals surface area contributed by atoms with Crippen molar-refractivity contribution in [1.82, 2.24) is 9.97 Å². The molecule has 0 aliphatic carbocycles. The maximum atomic E-state index is 8.49. The summed E-state index contributed by atoms with van der Waals surface area (Å²) in [5, 5.41) is 1.70. The number of hydrogen-bond donors (Lipinski definition) is 0. The van der Waals surface area contributed by atoms with Crippen LogP contribution in [0, 0.1) is 45.0 Å². The van der Waals surface area contributed by atoms with Gasteiger partial charge in [0.15, 0.2) is 0 Å². The summed E-state index contributed by atoms with van der Waals surface area (Å²) in [5.41, 5.74) is 6.03. The Bertz CT molecular complexity index is 3570. The van der Waals surface area contributed by atoms with Crippen LogP contribution in [0.15, 0.2) is 150 Å². The Morgan fingerprint density at radius 2 is 1.24 bits per heavy atom. The molecule has 9 aromatic rings. The van der Waals surface area contributed by atoms with E-state index < -0.39 is 39.2 Å². The summed E-state index contributed by atoms with van der Waals surface area (Å²) in [5.74, 6) is 0. The monoisotopic (exact) mass is 1020 g/mol. The topological polar surface area (TPSA) is 38.9 Å². The van der Waals surface area contributed by atoms with E-state index in [0.717, 1.165) is 21.9 Å². The number of rotatable bonds is 6. The molecule has 0 saturated carbocycles. The van der Waals surface area contributed by atoms with Crippen LogP contribution in [0.5, 0.6) is 0 Å². The maximum absolute atomic E-state index is 8.49. The first kappa shape index (κ1) is 30.2. The summed E-state index contributed by atoms with van der Waals surface area (Å²) in [6.45, 7) is 1.45. The Morgan fingerprint density at radius 3 is 1.94 bits per heavy atom. The van der Waals surface area contributed by atoms with Crippen LogP contribution < -0.4 is 0 Å². The molecule has 3 heterocycles. The smallest absolute Gasteiger partial charge is 0.120 e. The standard InChI is InChI=1S/C36H32NO.C23H24N.Ir/c1-22-19-31(23(2)18-30(22)25-14-16-26(17-15-25)36(4,5)6)32-20-33(37-21-24(32)3)29-12-9-11-28-27-10-7-8-13-34(27)38-35(28)29;1-17-10-12-20(14-21(17)19-8-6-5-7-9-19)22-13-11-18(16-24-22)15-23(2,3)4;/h7-11,13-21H,1-6H3;5-11,13-14,16H,15H2,1-4H3;/q2*-1;/i1D3,2D3,3D3;1D3,15D2;. The summed E-state index contributed by atoms with van der Waals surface area (Å²) in [7, 11) is 0. The summed E-state index contributed by atoms with van der Waals surface area (Å²) >= 11 is 0. The molecule has 0 aliphatic rings. The fourth-order valence-corrected chi connectivity index (χ4v) is 7.46. The van der Waals surface area contributed by atoms with E-state index in [0.29, 0.717) is 50.4 Å². The second kappa shape index (κ2) is 18.4. The van der Waals surface area contributed by atoms with Gasteiger partial charge in [0.1, 0.15) is 5.58 Å². The molecule has 0 fully saturated rings. The summed E-state index contributed by atoms with van der Waals surface area (Å²) in [4.78, 5) is 8.92. The molecule has 0 amide bonds. The van der Waals surface area contributed by atoms with Gasteiger partial charge >= 0.3 is 0 Å². The van der Waals surface area contributed by atoms with Gasteiger partial charge in [0, 0.05) is 57.1 Å². The zero-order valence-electron chi connectivity index (χ0n) is 50.0. The molecule has 0 N–H and O–H groups in total. The van der Waals surface area contributed by atoms with Gasteiger partial charge in [-0.2, -0.15) is 0 Å². The Kier molecular flexibility index (Phi) is 8.83. The molecule has 0 spiro atoms. The molecule has 9 rings (SSSR count). The van der Waals surface area contributed by atoms with E-state index in [1.807, 2.05) is 93.6 Å². The van der Waals surface area contributed by atoms with E-state index in [2.05, 4.69) is 42.9 Å². The Labute approximate surface area is 407 Å². The van der Waals surface area contributed by atoms with Crippen LogP contribution in [0.3, 0.4) is 0 Å². The SMILES string of the molecule is [2H]C([2H])([2H])c1c[c-]c(-c2ccc(C([2H])([2H])C(C)(C)C)cn2)cc1-c1ccccc1.[2H]C([2H])([2H])c1cc(-c2cc(-c3[c-]ccc4c3oc3ccccc34)ncc2C([2H])([2H])[2H])c(C([2H])([2H])[2H])cc1-c1ccc(C(C)(C)C)cc1.[Ir]. The van der Waals surface area contributed by atoms with E-state index >= 15 is 0 Å². The molecule has 0 unspecified atom stereocenters. The molecule has 4 heteroatoms.